The third-order valence-electron chi connectivity index (χ3n) is 4.10. The number of nitrogens with zero attached hydrogens (tertiary/aromatic N) is 4. The minimum atomic E-state index is 0.0632. The van der Waals surface area contributed by atoms with Gasteiger partial charge >= 0.3 is 0 Å². The van der Waals surface area contributed by atoms with Crippen molar-refractivity contribution < 1.29 is 5.11 Å². The van der Waals surface area contributed by atoms with E-state index in [0.717, 1.165) is 41.9 Å². The van der Waals surface area contributed by atoms with Gasteiger partial charge in [-0.1, -0.05) is 20.8 Å². The van der Waals surface area contributed by atoms with Crippen molar-refractivity contribution >= 4 is 0 Å². The van der Waals surface area contributed by atoms with Gasteiger partial charge in [-0.15, -0.1) is 0 Å². The van der Waals surface area contributed by atoms with E-state index in [9.17, 15) is 5.11 Å². The fourth-order valence-corrected chi connectivity index (χ4v) is 2.63. The normalized spacial score (nSPS) is 12.8. The summed E-state index contributed by atoms with van der Waals surface area (Å²) in [4.78, 5) is 0. The van der Waals surface area contributed by atoms with Gasteiger partial charge in [0.05, 0.1) is 24.5 Å². The predicted molar refractivity (Wildman–Crippen MR) is 83.2 cm³/mol. The van der Waals surface area contributed by atoms with Gasteiger partial charge in [-0.05, 0) is 32.3 Å². The highest BCUT2D eigenvalue weighted by Gasteiger charge is 2.15. The molecule has 0 spiro atoms. The van der Waals surface area contributed by atoms with Gasteiger partial charge in [-0.2, -0.15) is 10.2 Å². The first-order chi connectivity index (χ1) is 10.1. The summed E-state index contributed by atoms with van der Waals surface area (Å²) in [5.41, 5.74) is 4.11. The maximum absolute atomic E-state index is 9.58. The highest BCUT2D eigenvalue weighted by atomic mass is 16.3. The number of aryl methyl sites for hydroxylation is 1. The van der Waals surface area contributed by atoms with E-state index in [1.54, 1.807) is 0 Å². The van der Waals surface area contributed by atoms with Gasteiger partial charge in [-0.3, -0.25) is 9.36 Å². The Morgan fingerprint density at radius 2 is 1.95 bits per heavy atom. The van der Waals surface area contributed by atoms with Crippen LogP contribution in [-0.4, -0.2) is 24.7 Å². The zero-order valence-electron chi connectivity index (χ0n) is 13.5. The van der Waals surface area contributed by atoms with Crippen molar-refractivity contribution in [1.82, 2.24) is 19.6 Å². The van der Waals surface area contributed by atoms with Crippen LogP contribution in [0.4, 0.5) is 0 Å². The van der Waals surface area contributed by atoms with Crippen LogP contribution < -0.4 is 0 Å². The van der Waals surface area contributed by atoms with Crippen LogP contribution in [-0.2, 0) is 26.0 Å². The SMILES string of the molecule is CCc1nn(Cc2ccn(C(C)CC)n2)c(CC)c1CO. The van der Waals surface area contributed by atoms with Gasteiger partial charge in [0.1, 0.15) is 0 Å². The summed E-state index contributed by atoms with van der Waals surface area (Å²) in [5.74, 6) is 0. The molecule has 0 fully saturated rings. The van der Waals surface area contributed by atoms with Crippen LogP contribution in [0, 0.1) is 0 Å². The molecule has 1 unspecified atom stereocenters. The molecule has 0 radical (unpaired) electrons. The monoisotopic (exact) mass is 290 g/mol. The second kappa shape index (κ2) is 6.89. The molecule has 0 bridgehead atoms. The second-order valence-electron chi connectivity index (χ2n) is 5.44. The van der Waals surface area contributed by atoms with Gasteiger partial charge in [0, 0.05) is 23.5 Å². The lowest BCUT2D eigenvalue weighted by Crippen LogP contribution is -2.09. The topological polar surface area (TPSA) is 55.9 Å². The van der Waals surface area contributed by atoms with E-state index in [2.05, 4.69) is 44.0 Å². The van der Waals surface area contributed by atoms with Gasteiger partial charge in [-0.25, -0.2) is 0 Å². The fraction of sp³-hybridized carbons (Fsp3) is 0.625. The molecule has 0 amide bonds. The number of hydrogen-bond acceptors (Lipinski definition) is 3. The molecular weight excluding hydrogens is 264 g/mol. The third-order valence-corrected chi connectivity index (χ3v) is 4.10. The molecule has 5 heteroatoms. The lowest BCUT2D eigenvalue weighted by molar-refractivity contribution is 0.279. The summed E-state index contributed by atoms with van der Waals surface area (Å²) in [6.07, 6.45) is 4.82. The number of aromatic nitrogens is 4. The largest absolute Gasteiger partial charge is 0.392 e. The van der Waals surface area contributed by atoms with Crippen molar-refractivity contribution in [2.45, 2.75) is 66.2 Å². The first-order valence-corrected chi connectivity index (χ1v) is 7.86. The molecule has 1 N–H and O–H groups in total. The first kappa shape index (κ1) is 15.8. The number of aliphatic hydroxyl groups excluding tert-OH is 1. The average molecular weight is 290 g/mol. The van der Waals surface area contributed by atoms with Crippen molar-refractivity contribution in [3.63, 3.8) is 0 Å². The molecule has 0 aromatic carbocycles. The van der Waals surface area contributed by atoms with E-state index in [-0.39, 0.29) is 6.61 Å². The molecule has 0 aliphatic carbocycles. The molecule has 2 aromatic heterocycles. The highest BCUT2D eigenvalue weighted by Crippen LogP contribution is 2.18. The van der Waals surface area contributed by atoms with E-state index < -0.39 is 0 Å². The molecule has 0 saturated heterocycles. The Hall–Kier alpha value is -1.62. The summed E-state index contributed by atoms with van der Waals surface area (Å²) in [6.45, 7) is 9.23. The van der Waals surface area contributed by atoms with Gasteiger partial charge in [0.25, 0.3) is 0 Å². The van der Waals surface area contributed by atoms with Crippen LogP contribution >= 0.6 is 0 Å². The van der Waals surface area contributed by atoms with Gasteiger partial charge in [0.2, 0.25) is 0 Å². The molecule has 0 aliphatic rings. The van der Waals surface area contributed by atoms with Crippen LogP contribution in [0.3, 0.4) is 0 Å². The first-order valence-electron chi connectivity index (χ1n) is 7.86. The Labute approximate surface area is 126 Å². The molecule has 2 rings (SSSR count). The van der Waals surface area contributed by atoms with E-state index in [4.69, 9.17) is 0 Å². The highest BCUT2D eigenvalue weighted by molar-refractivity contribution is 5.26. The van der Waals surface area contributed by atoms with E-state index in [1.807, 2.05) is 15.6 Å². The molecule has 2 heterocycles. The van der Waals surface area contributed by atoms with Crippen LogP contribution in [0.15, 0.2) is 12.3 Å². The quantitative estimate of drug-likeness (QED) is 0.853. The van der Waals surface area contributed by atoms with Crippen LogP contribution in [0.1, 0.15) is 62.8 Å². The molecule has 0 saturated carbocycles. The molecule has 1 atom stereocenters. The fourth-order valence-electron chi connectivity index (χ4n) is 2.63. The Bertz CT molecular complexity index is 585. The molecule has 21 heavy (non-hydrogen) atoms. The van der Waals surface area contributed by atoms with Crippen molar-refractivity contribution in [2.75, 3.05) is 0 Å². The Morgan fingerprint density at radius 3 is 2.52 bits per heavy atom. The molecule has 2 aromatic rings. The Morgan fingerprint density at radius 1 is 1.19 bits per heavy atom. The summed E-state index contributed by atoms with van der Waals surface area (Å²) in [7, 11) is 0. The summed E-state index contributed by atoms with van der Waals surface area (Å²) >= 11 is 0. The van der Waals surface area contributed by atoms with Crippen molar-refractivity contribution in [3.05, 3.63) is 34.9 Å². The number of aliphatic hydroxyl groups is 1. The minimum absolute atomic E-state index is 0.0632. The minimum Gasteiger partial charge on any atom is -0.392 e. The average Bonchev–Trinajstić information content (AvgIpc) is 3.10. The molecule has 116 valence electrons. The summed E-state index contributed by atoms with van der Waals surface area (Å²) < 4.78 is 4.01. The molecule has 0 aliphatic heterocycles. The number of rotatable bonds is 7. The molecule has 5 nitrogen and oxygen atoms in total. The van der Waals surface area contributed by atoms with E-state index >= 15 is 0 Å². The maximum atomic E-state index is 9.58. The van der Waals surface area contributed by atoms with Crippen molar-refractivity contribution in [3.8, 4) is 0 Å². The lowest BCUT2D eigenvalue weighted by atomic mass is 10.1. The zero-order chi connectivity index (χ0) is 15.4. The van der Waals surface area contributed by atoms with E-state index in [0.29, 0.717) is 12.6 Å². The number of hydrogen-bond donors (Lipinski definition) is 1. The standard InChI is InChI=1S/C16H26N4O/c1-5-12(4)19-9-8-13(17-19)10-20-16(7-3)14(11-21)15(6-2)18-20/h8-9,12,21H,5-7,10-11H2,1-4H3. The van der Waals surface area contributed by atoms with E-state index in [1.165, 1.54) is 0 Å². The summed E-state index contributed by atoms with van der Waals surface area (Å²) in [5, 5.41) is 18.9. The second-order valence-corrected chi connectivity index (χ2v) is 5.44. The van der Waals surface area contributed by atoms with Gasteiger partial charge < -0.3 is 5.11 Å². The smallest absolute Gasteiger partial charge is 0.0853 e. The zero-order valence-corrected chi connectivity index (χ0v) is 13.5. The van der Waals surface area contributed by atoms with Crippen molar-refractivity contribution in [2.24, 2.45) is 0 Å². The Kier molecular flexibility index (Phi) is 5.17. The predicted octanol–water partition coefficient (Wildman–Crippen LogP) is 2.72. The molecular formula is C16H26N4O. The summed E-state index contributed by atoms with van der Waals surface area (Å²) in [6, 6.07) is 2.47. The third kappa shape index (κ3) is 3.18. The lowest BCUT2D eigenvalue weighted by Gasteiger charge is -2.08. The Balaban J connectivity index is 2.26. The van der Waals surface area contributed by atoms with Crippen LogP contribution in [0.5, 0.6) is 0 Å². The van der Waals surface area contributed by atoms with Crippen LogP contribution in [0.2, 0.25) is 0 Å². The van der Waals surface area contributed by atoms with Gasteiger partial charge in [0.15, 0.2) is 0 Å². The van der Waals surface area contributed by atoms with Crippen molar-refractivity contribution in [1.29, 1.82) is 0 Å². The maximum Gasteiger partial charge on any atom is 0.0853 e. The van der Waals surface area contributed by atoms with Crippen LogP contribution in [0.25, 0.3) is 0 Å².